The zero-order chi connectivity index (χ0) is 10.6. The fraction of sp³-hybridized carbons (Fsp3) is 0.444. The largest absolute Gasteiger partial charge is 0.495 e. The minimum Gasteiger partial charge on any atom is -0.495 e. The van der Waals surface area contributed by atoms with E-state index in [0.717, 1.165) is 0 Å². The molecule has 1 rings (SSSR count). The summed E-state index contributed by atoms with van der Waals surface area (Å²) in [7, 11) is 3.01. The second kappa shape index (κ2) is 4.78. The summed E-state index contributed by atoms with van der Waals surface area (Å²) in [5.74, 6) is 0.949. The van der Waals surface area contributed by atoms with Crippen LogP contribution >= 0.6 is 0 Å². The van der Waals surface area contributed by atoms with Crippen LogP contribution in [0.3, 0.4) is 0 Å². The molecule has 1 heterocycles. The second-order valence-corrected chi connectivity index (χ2v) is 2.71. The summed E-state index contributed by atoms with van der Waals surface area (Å²) in [5.41, 5.74) is 5.90. The van der Waals surface area contributed by atoms with Gasteiger partial charge in [0.2, 0.25) is 0 Å². The van der Waals surface area contributed by atoms with Crippen LogP contribution in [0.1, 0.15) is 11.7 Å². The van der Waals surface area contributed by atoms with Gasteiger partial charge in [0.15, 0.2) is 0 Å². The predicted molar refractivity (Wildman–Crippen MR) is 51.4 cm³/mol. The Balaban J connectivity index is 3.18. The fourth-order valence-corrected chi connectivity index (χ4v) is 1.20. The van der Waals surface area contributed by atoms with Crippen molar-refractivity contribution in [1.29, 1.82) is 0 Å². The molecule has 3 N–H and O–H groups in total. The van der Waals surface area contributed by atoms with Gasteiger partial charge >= 0.3 is 0 Å². The van der Waals surface area contributed by atoms with Crippen molar-refractivity contribution >= 4 is 0 Å². The van der Waals surface area contributed by atoms with Gasteiger partial charge in [-0.15, -0.1) is 0 Å². The van der Waals surface area contributed by atoms with Gasteiger partial charge in [0, 0.05) is 6.54 Å². The molecule has 0 radical (unpaired) electrons. The monoisotopic (exact) mass is 198 g/mol. The van der Waals surface area contributed by atoms with E-state index in [1.54, 1.807) is 0 Å². The van der Waals surface area contributed by atoms with E-state index in [2.05, 4.69) is 4.98 Å². The van der Waals surface area contributed by atoms with Gasteiger partial charge in [0.05, 0.1) is 38.3 Å². The SMILES string of the molecule is COc1cncc(OC)c1[C@@H](O)CN. The molecule has 78 valence electrons. The van der Waals surface area contributed by atoms with Gasteiger partial charge in [-0.05, 0) is 0 Å². The molecule has 5 heteroatoms. The highest BCUT2D eigenvalue weighted by atomic mass is 16.5. The molecule has 0 aromatic carbocycles. The summed E-state index contributed by atoms with van der Waals surface area (Å²) in [6, 6.07) is 0. The lowest BCUT2D eigenvalue weighted by atomic mass is 10.1. The molecule has 0 amide bonds. The fourth-order valence-electron chi connectivity index (χ4n) is 1.20. The number of hydrogen-bond donors (Lipinski definition) is 2. The molecule has 0 aliphatic rings. The minimum atomic E-state index is -0.803. The molecule has 5 nitrogen and oxygen atoms in total. The van der Waals surface area contributed by atoms with E-state index in [4.69, 9.17) is 15.2 Å². The number of ether oxygens (including phenoxy) is 2. The lowest BCUT2D eigenvalue weighted by Crippen LogP contribution is -2.14. The first-order valence-corrected chi connectivity index (χ1v) is 4.18. The average molecular weight is 198 g/mol. The van der Waals surface area contributed by atoms with Crippen molar-refractivity contribution in [2.45, 2.75) is 6.10 Å². The molecule has 14 heavy (non-hydrogen) atoms. The molecule has 0 spiro atoms. The van der Waals surface area contributed by atoms with E-state index in [1.807, 2.05) is 0 Å². The van der Waals surface area contributed by atoms with Gasteiger partial charge in [-0.3, -0.25) is 4.98 Å². The van der Waals surface area contributed by atoms with Gasteiger partial charge in [-0.1, -0.05) is 0 Å². The highest BCUT2D eigenvalue weighted by Gasteiger charge is 2.17. The summed E-state index contributed by atoms with van der Waals surface area (Å²) in [6.07, 6.45) is 2.22. The maximum absolute atomic E-state index is 9.64. The molecule has 0 unspecified atom stereocenters. The maximum atomic E-state index is 9.64. The third-order valence-electron chi connectivity index (χ3n) is 1.91. The van der Waals surface area contributed by atoms with Gasteiger partial charge in [-0.2, -0.15) is 0 Å². The number of pyridine rings is 1. The first-order chi connectivity index (χ1) is 6.74. The zero-order valence-electron chi connectivity index (χ0n) is 8.23. The normalized spacial score (nSPS) is 12.3. The van der Waals surface area contributed by atoms with Crippen molar-refractivity contribution in [3.8, 4) is 11.5 Å². The van der Waals surface area contributed by atoms with Gasteiger partial charge in [0.25, 0.3) is 0 Å². The van der Waals surface area contributed by atoms with Crippen LogP contribution in [0.15, 0.2) is 12.4 Å². The average Bonchev–Trinajstić information content (AvgIpc) is 2.26. The number of methoxy groups -OCH3 is 2. The van der Waals surface area contributed by atoms with Crippen molar-refractivity contribution in [2.75, 3.05) is 20.8 Å². The highest BCUT2D eigenvalue weighted by molar-refractivity contribution is 5.43. The van der Waals surface area contributed by atoms with E-state index in [0.29, 0.717) is 17.1 Å². The second-order valence-electron chi connectivity index (χ2n) is 2.71. The molecule has 0 saturated heterocycles. The Hall–Kier alpha value is -1.33. The molecule has 0 aliphatic carbocycles. The van der Waals surface area contributed by atoms with E-state index in [-0.39, 0.29) is 6.54 Å². The minimum absolute atomic E-state index is 0.108. The maximum Gasteiger partial charge on any atom is 0.146 e. The van der Waals surface area contributed by atoms with Crippen LogP contribution in [-0.2, 0) is 0 Å². The first kappa shape index (κ1) is 10.7. The third kappa shape index (κ3) is 1.94. The van der Waals surface area contributed by atoms with Crippen molar-refractivity contribution < 1.29 is 14.6 Å². The molecular formula is C9H14N2O3. The van der Waals surface area contributed by atoms with Crippen molar-refractivity contribution in [2.24, 2.45) is 5.73 Å². The smallest absolute Gasteiger partial charge is 0.146 e. The van der Waals surface area contributed by atoms with Crippen LogP contribution in [0.25, 0.3) is 0 Å². The summed E-state index contributed by atoms with van der Waals surface area (Å²) in [5, 5.41) is 9.64. The molecule has 0 fully saturated rings. The number of rotatable bonds is 4. The summed E-state index contributed by atoms with van der Waals surface area (Å²) in [6.45, 7) is 0.108. The molecule has 0 bridgehead atoms. The Morgan fingerprint density at radius 2 is 1.86 bits per heavy atom. The quantitative estimate of drug-likeness (QED) is 0.717. The van der Waals surface area contributed by atoms with Gasteiger partial charge in [-0.25, -0.2) is 0 Å². The Bertz CT molecular complexity index is 282. The zero-order valence-corrected chi connectivity index (χ0v) is 8.23. The number of hydrogen-bond acceptors (Lipinski definition) is 5. The molecule has 0 aliphatic heterocycles. The van der Waals surface area contributed by atoms with Gasteiger partial charge < -0.3 is 20.3 Å². The summed E-state index contributed by atoms with van der Waals surface area (Å²) in [4.78, 5) is 3.90. The van der Waals surface area contributed by atoms with E-state index in [1.165, 1.54) is 26.6 Å². The predicted octanol–water partition coefficient (Wildman–Crippen LogP) is 0.0909. The number of nitrogens with zero attached hydrogens (tertiary/aromatic N) is 1. The van der Waals surface area contributed by atoms with E-state index >= 15 is 0 Å². The van der Waals surface area contributed by atoms with Crippen LogP contribution < -0.4 is 15.2 Å². The first-order valence-electron chi connectivity index (χ1n) is 4.18. The van der Waals surface area contributed by atoms with E-state index < -0.39 is 6.10 Å². The van der Waals surface area contributed by atoms with Gasteiger partial charge in [0.1, 0.15) is 11.5 Å². The third-order valence-corrected chi connectivity index (χ3v) is 1.91. The number of aromatic nitrogens is 1. The number of aliphatic hydroxyl groups is 1. The number of aliphatic hydroxyl groups excluding tert-OH is 1. The molecule has 1 aromatic rings. The van der Waals surface area contributed by atoms with Crippen LogP contribution in [0.4, 0.5) is 0 Å². The van der Waals surface area contributed by atoms with Crippen LogP contribution in [0, 0.1) is 0 Å². The lowest BCUT2D eigenvalue weighted by molar-refractivity contribution is 0.177. The Labute approximate surface area is 82.5 Å². The van der Waals surface area contributed by atoms with Crippen LogP contribution in [0.5, 0.6) is 11.5 Å². The summed E-state index contributed by atoms with van der Waals surface area (Å²) >= 11 is 0. The highest BCUT2D eigenvalue weighted by Crippen LogP contribution is 2.32. The van der Waals surface area contributed by atoms with Crippen LogP contribution in [-0.4, -0.2) is 30.9 Å². The Morgan fingerprint density at radius 1 is 1.36 bits per heavy atom. The van der Waals surface area contributed by atoms with Crippen LogP contribution in [0.2, 0.25) is 0 Å². The number of nitrogens with two attached hydrogens (primary N) is 1. The molecule has 0 saturated carbocycles. The Morgan fingerprint density at radius 3 is 2.21 bits per heavy atom. The summed E-state index contributed by atoms with van der Waals surface area (Å²) < 4.78 is 10.1. The Kier molecular flexibility index (Phi) is 3.67. The lowest BCUT2D eigenvalue weighted by Gasteiger charge is -2.15. The van der Waals surface area contributed by atoms with Crippen molar-refractivity contribution in [1.82, 2.24) is 4.98 Å². The topological polar surface area (TPSA) is 77.6 Å². The molecule has 1 aromatic heterocycles. The molecular weight excluding hydrogens is 184 g/mol. The molecule has 1 atom stereocenters. The van der Waals surface area contributed by atoms with Crippen molar-refractivity contribution in [3.05, 3.63) is 18.0 Å². The standard InChI is InChI=1S/C9H14N2O3/c1-13-7-4-11-5-8(14-2)9(7)6(12)3-10/h4-6,12H,3,10H2,1-2H3/t6-/m0/s1. The van der Waals surface area contributed by atoms with Crippen molar-refractivity contribution in [3.63, 3.8) is 0 Å². The van der Waals surface area contributed by atoms with E-state index in [9.17, 15) is 5.11 Å².